The predicted molar refractivity (Wildman–Crippen MR) is 101 cm³/mol. The molecule has 2 heteroatoms. The summed E-state index contributed by atoms with van der Waals surface area (Å²) in [7, 11) is 0. The molecule has 0 N–H and O–H groups in total. The summed E-state index contributed by atoms with van der Waals surface area (Å²) >= 11 is 0. The van der Waals surface area contributed by atoms with E-state index in [9.17, 15) is 4.79 Å². The minimum Gasteiger partial charge on any atom is -0.466 e. The maximum Gasteiger partial charge on any atom is 0.305 e. The highest BCUT2D eigenvalue weighted by atomic mass is 16.5. The van der Waals surface area contributed by atoms with Crippen LogP contribution in [0.4, 0.5) is 0 Å². The lowest BCUT2D eigenvalue weighted by Gasteiger charge is -2.05. The number of carbonyl (C=O) groups is 1. The maximum absolute atomic E-state index is 11.4. The molecule has 0 saturated heterocycles. The van der Waals surface area contributed by atoms with Crippen LogP contribution in [0.5, 0.6) is 0 Å². The van der Waals surface area contributed by atoms with E-state index in [1.807, 2.05) is 6.92 Å². The van der Waals surface area contributed by atoms with Crippen molar-refractivity contribution in [2.24, 2.45) is 0 Å². The zero-order valence-electron chi connectivity index (χ0n) is 14.8. The van der Waals surface area contributed by atoms with Gasteiger partial charge in [0, 0.05) is 6.42 Å². The molecule has 0 heterocycles. The molecule has 0 fully saturated rings. The summed E-state index contributed by atoms with van der Waals surface area (Å²) in [5, 5.41) is 0. The topological polar surface area (TPSA) is 26.3 Å². The zero-order chi connectivity index (χ0) is 17.4. The molecular weight excluding hydrogens is 296 g/mol. The molecule has 2 nitrogen and oxygen atoms in total. The van der Waals surface area contributed by atoms with Crippen molar-refractivity contribution in [1.82, 2.24) is 0 Å². The van der Waals surface area contributed by atoms with Gasteiger partial charge >= 0.3 is 5.97 Å². The van der Waals surface area contributed by atoms with Crippen LogP contribution in [0.15, 0.2) is 42.5 Å². The first kappa shape index (κ1) is 18.0. The Morgan fingerprint density at radius 1 is 1.04 bits per heavy atom. The van der Waals surface area contributed by atoms with Crippen LogP contribution >= 0.6 is 0 Å². The normalized spacial score (nSPS) is 11.0. The fourth-order valence-corrected chi connectivity index (χ4v) is 2.79. The van der Waals surface area contributed by atoms with Gasteiger partial charge in [0.05, 0.1) is 6.61 Å². The minimum absolute atomic E-state index is 0.108. The van der Waals surface area contributed by atoms with Gasteiger partial charge in [-0.3, -0.25) is 4.79 Å². The van der Waals surface area contributed by atoms with Gasteiger partial charge in [-0.05, 0) is 61.4 Å². The Bertz CT molecular complexity index is 693. The Labute approximate surface area is 145 Å². The highest BCUT2D eigenvalue weighted by molar-refractivity contribution is 5.73. The SMILES string of the molecule is CCOC(=O)CCCc1cccc(C=Cc2c(C)cccc2C)c1. The van der Waals surface area contributed by atoms with Gasteiger partial charge in [0.2, 0.25) is 0 Å². The largest absolute Gasteiger partial charge is 0.466 e. The van der Waals surface area contributed by atoms with Crippen LogP contribution in [-0.2, 0) is 16.0 Å². The van der Waals surface area contributed by atoms with E-state index in [0.717, 1.165) is 12.8 Å². The fraction of sp³-hybridized carbons (Fsp3) is 0.318. The number of ether oxygens (including phenoxy) is 1. The number of carbonyl (C=O) groups excluding carboxylic acids is 1. The van der Waals surface area contributed by atoms with Crippen LogP contribution in [0.3, 0.4) is 0 Å². The Morgan fingerprint density at radius 3 is 2.46 bits per heavy atom. The average molecular weight is 322 g/mol. The number of hydrogen-bond acceptors (Lipinski definition) is 2. The van der Waals surface area contributed by atoms with Gasteiger partial charge in [0.1, 0.15) is 0 Å². The van der Waals surface area contributed by atoms with Gasteiger partial charge < -0.3 is 4.74 Å². The quantitative estimate of drug-likeness (QED) is 0.507. The van der Waals surface area contributed by atoms with Crippen molar-refractivity contribution in [1.29, 1.82) is 0 Å². The van der Waals surface area contributed by atoms with Crippen molar-refractivity contribution in [2.45, 2.75) is 40.0 Å². The second kappa shape index (κ2) is 9.07. The number of esters is 1. The molecule has 2 rings (SSSR count). The van der Waals surface area contributed by atoms with Gasteiger partial charge in [-0.15, -0.1) is 0 Å². The molecule has 0 spiro atoms. The van der Waals surface area contributed by atoms with E-state index in [1.165, 1.54) is 27.8 Å². The summed E-state index contributed by atoms with van der Waals surface area (Å²) in [6.07, 6.45) is 6.54. The van der Waals surface area contributed by atoms with E-state index >= 15 is 0 Å². The standard InChI is InChI=1S/C22H26O2/c1-4-24-22(23)13-7-12-19-10-6-11-20(16-19)14-15-21-17(2)8-5-9-18(21)3/h5-6,8-11,14-16H,4,7,12-13H2,1-3H3. The average Bonchev–Trinajstić information content (AvgIpc) is 2.55. The van der Waals surface area contributed by atoms with Gasteiger partial charge in [0.25, 0.3) is 0 Å². The summed E-state index contributed by atoms with van der Waals surface area (Å²) in [6, 6.07) is 14.9. The van der Waals surface area contributed by atoms with Gasteiger partial charge in [-0.25, -0.2) is 0 Å². The van der Waals surface area contributed by atoms with E-state index in [-0.39, 0.29) is 5.97 Å². The maximum atomic E-state index is 11.4. The lowest BCUT2D eigenvalue weighted by atomic mass is 10.0. The van der Waals surface area contributed by atoms with E-state index in [1.54, 1.807) is 0 Å². The van der Waals surface area contributed by atoms with E-state index in [2.05, 4.69) is 68.5 Å². The Balaban J connectivity index is 2.00. The lowest BCUT2D eigenvalue weighted by Crippen LogP contribution is -2.04. The van der Waals surface area contributed by atoms with Crippen molar-refractivity contribution in [3.8, 4) is 0 Å². The summed E-state index contributed by atoms with van der Waals surface area (Å²) < 4.78 is 4.96. The second-order valence-corrected chi connectivity index (χ2v) is 6.04. The zero-order valence-corrected chi connectivity index (χ0v) is 14.8. The number of aryl methyl sites for hydroxylation is 3. The number of rotatable bonds is 7. The Hall–Kier alpha value is -2.35. The molecule has 0 amide bonds. The van der Waals surface area contributed by atoms with Crippen LogP contribution in [-0.4, -0.2) is 12.6 Å². The first-order valence-corrected chi connectivity index (χ1v) is 8.59. The smallest absolute Gasteiger partial charge is 0.305 e. The van der Waals surface area contributed by atoms with Gasteiger partial charge in [-0.1, -0.05) is 54.6 Å². The third kappa shape index (κ3) is 5.38. The molecule has 0 bridgehead atoms. The number of benzene rings is 2. The van der Waals surface area contributed by atoms with E-state index in [4.69, 9.17) is 4.74 Å². The summed E-state index contributed by atoms with van der Waals surface area (Å²) in [5.74, 6) is -0.108. The number of hydrogen-bond donors (Lipinski definition) is 0. The van der Waals surface area contributed by atoms with Crippen molar-refractivity contribution in [2.75, 3.05) is 6.61 Å². The van der Waals surface area contributed by atoms with Crippen molar-refractivity contribution in [3.63, 3.8) is 0 Å². The molecule has 24 heavy (non-hydrogen) atoms. The fourth-order valence-electron chi connectivity index (χ4n) is 2.79. The highest BCUT2D eigenvalue weighted by Gasteiger charge is 2.02. The Morgan fingerprint density at radius 2 is 1.75 bits per heavy atom. The third-order valence-corrected chi connectivity index (χ3v) is 4.09. The van der Waals surface area contributed by atoms with Crippen LogP contribution < -0.4 is 0 Å². The van der Waals surface area contributed by atoms with E-state index in [0.29, 0.717) is 13.0 Å². The molecule has 0 aliphatic carbocycles. The molecule has 0 aromatic heterocycles. The van der Waals surface area contributed by atoms with E-state index < -0.39 is 0 Å². The summed E-state index contributed by atoms with van der Waals surface area (Å²) in [6.45, 7) is 6.57. The van der Waals surface area contributed by atoms with Gasteiger partial charge in [-0.2, -0.15) is 0 Å². The van der Waals surface area contributed by atoms with Crippen LogP contribution in [0.25, 0.3) is 12.2 Å². The first-order chi connectivity index (χ1) is 11.6. The Kier molecular flexibility index (Phi) is 6.80. The molecule has 126 valence electrons. The lowest BCUT2D eigenvalue weighted by molar-refractivity contribution is -0.143. The van der Waals surface area contributed by atoms with Crippen LogP contribution in [0.1, 0.15) is 47.6 Å². The minimum atomic E-state index is -0.108. The van der Waals surface area contributed by atoms with Crippen LogP contribution in [0.2, 0.25) is 0 Å². The third-order valence-electron chi connectivity index (χ3n) is 4.09. The molecule has 0 saturated carbocycles. The molecule has 0 aliphatic rings. The molecule has 2 aromatic rings. The molecule has 0 unspecified atom stereocenters. The molecule has 0 aliphatic heterocycles. The molecule has 0 radical (unpaired) electrons. The predicted octanol–water partition coefficient (Wildman–Crippen LogP) is 5.36. The van der Waals surface area contributed by atoms with Crippen molar-refractivity contribution < 1.29 is 9.53 Å². The summed E-state index contributed by atoms with van der Waals surface area (Å²) in [5.41, 5.74) is 6.30. The molecule has 2 aromatic carbocycles. The van der Waals surface area contributed by atoms with Gasteiger partial charge in [0.15, 0.2) is 0 Å². The summed E-state index contributed by atoms with van der Waals surface area (Å²) in [4.78, 5) is 11.4. The monoisotopic (exact) mass is 322 g/mol. The first-order valence-electron chi connectivity index (χ1n) is 8.59. The van der Waals surface area contributed by atoms with Crippen LogP contribution in [0, 0.1) is 13.8 Å². The molecule has 0 atom stereocenters. The van der Waals surface area contributed by atoms with Crippen molar-refractivity contribution in [3.05, 3.63) is 70.3 Å². The van der Waals surface area contributed by atoms with Crippen molar-refractivity contribution >= 4 is 18.1 Å². The second-order valence-electron chi connectivity index (χ2n) is 6.04. The highest BCUT2D eigenvalue weighted by Crippen LogP contribution is 2.18. The molecular formula is C22H26O2.